The van der Waals surface area contributed by atoms with Crippen LogP contribution >= 0.6 is 11.3 Å². The normalized spacial score (nSPS) is 12.4. The van der Waals surface area contributed by atoms with Gasteiger partial charge < -0.3 is 15.4 Å². The van der Waals surface area contributed by atoms with Crippen molar-refractivity contribution in [2.45, 2.75) is 33.4 Å². The maximum atomic E-state index is 11.7. The summed E-state index contributed by atoms with van der Waals surface area (Å²) in [6.45, 7) is 7.91. The number of methoxy groups -OCH3 is 1. The van der Waals surface area contributed by atoms with Crippen molar-refractivity contribution in [3.05, 3.63) is 21.4 Å². The summed E-state index contributed by atoms with van der Waals surface area (Å²) < 4.78 is 4.89. The molecular weight excluding hydrogens is 248 g/mol. The molecule has 0 aliphatic carbocycles. The SMILES string of the molecule is COCCNC(=O)C(C)NCc1cc(C)sc1C. The highest BCUT2D eigenvalue weighted by Gasteiger charge is 2.12. The number of ether oxygens (including phenoxy) is 1. The summed E-state index contributed by atoms with van der Waals surface area (Å²) >= 11 is 1.79. The third-order valence-electron chi connectivity index (χ3n) is 2.74. The monoisotopic (exact) mass is 270 g/mol. The van der Waals surface area contributed by atoms with Crippen molar-refractivity contribution < 1.29 is 9.53 Å². The van der Waals surface area contributed by atoms with Crippen molar-refractivity contribution in [1.29, 1.82) is 0 Å². The summed E-state index contributed by atoms with van der Waals surface area (Å²) in [5.41, 5.74) is 1.27. The molecule has 0 fully saturated rings. The molecule has 102 valence electrons. The second-order valence-electron chi connectivity index (χ2n) is 4.32. The van der Waals surface area contributed by atoms with E-state index in [-0.39, 0.29) is 11.9 Å². The van der Waals surface area contributed by atoms with Gasteiger partial charge in [-0.3, -0.25) is 4.79 Å². The van der Waals surface area contributed by atoms with Crippen molar-refractivity contribution in [2.75, 3.05) is 20.3 Å². The first kappa shape index (κ1) is 15.1. The lowest BCUT2D eigenvalue weighted by molar-refractivity contribution is -0.122. The molecule has 0 saturated heterocycles. The molecular formula is C13H22N2O2S. The van der Waals surface area contributed by atoms with Crippen molar-refractivity contribution in [3.63, 3.8) is 0 Å². The van der Waals surface area contributed by atoms with E-state index in [2.05, 4.69) is 30.5 Å². The fraction of sp³-hybridized carbons (Fsp3) is 0.615. The van der Waals surface area contributed by atoms with Crippen molar-refractivity contribution in [3.8, 4) is 0 Å². The number of hydrogen-bond acceptors (Lipinski definition) is 4. The first-order chi connectivity index (χ1) is 8.54. The van der Waals surface area contributed by atoms with Gasteiger partial charge >= 0.3 is 0 Å². The average molecular weight is 270 g/mol. The van der Waals surface area contributed by atoms with Gasteiger partial charge in [-0.15, -0.1) is 11.3 Å². The molecule has 1 atom stereocenters. The van der Waals surface area contributed by atoms with Gasteiger partial charge in [-0.2, -0.15) is 0 Å². The summed E-state index contributed by atoms with van der Waals surface area (Å²) in [5, 5.41) is 6.05. The van der Waals surface area contributed by atoms with Crippen molar-refractivity contribution in [1.82, 2.24) is 10.6 Å². The van der Waals surface area contributed by atoms with Crippen molar-refractivity contribution in [2.24, 2.45) is 0 Å². The zero-order chi connectivity index (χ0) is 13.5. The zero-order valence-electron chi connectivity index (χ0n) is 11.5. The zero-order valence-corrected chi connectivity index (χ0v) is 12.3. The lowest BCUT2D eigenvalue weighted by Gasteiger charge is -2.13. The number of thiophene rings is 1. The molecule has 1 unspecified atom stereocenters. The largest absolute Gasteiger partial charge is 0.383 e. The number of rotatable bonds is 7. The van der Waals surface area contributed by atoms with E-state index in [1.165, 1.54) is 15.3 Å². The highest BCUT2D eigenvalue weighted by atomic mass is 32.1. The standard InChI is InChI=1S/C13H22N2O2S/c1-9-7-12(11(3)18-9)8-15-10(2)13(16)14-5-6-17-4/h7,10,15H,5-6,8H2,1-4H3,(H,14,16). The Bertz CT molecular complexity index is 390. The molecule has 0 aliphatic rings. The molecule has 5 heteroatoms. The lowest BCUT2D eigenvalue weighted by atomic mass is 10.2. The molecule has 0 spiro atoms. The van der Waals surface area contributed by atoms with Gasteiger partial charge in [0.25, 0.3) is 0 Å². The summed E-state index contributed by atoms with van der Waals surface area (Å²) in [6.07, 6.45) is 0. The maximum absolute atomic E-state index is 11.7. The van der Waals surface area contributed by atoms with Gasteiger partial charge in [0.2, 0.25) is 5.91 Å². The average Bonchev–Trinajstić information content (AvgIpc) is 2.65. The van der Waals surface area contributed by atoms with Gasteiger partial charge in [-0.05, 0) is 32.4 Å². The second kappa shape index (κ2) is 7.51. The van der Waals surface area contributed by atoms with Gasteiger partial charge in [0.15, 0.2) is 0 Å². The number of nitrogens with one attached hydrogen (secondary N) is 2. The number of amides is 1. The third-order valence-corrected chi connectivity index (χ3v) is 3.75. The maximum Gasteiger partial charge on any atom is 0.236 e. The molecule has 1 aromatic rings. The third kappa shape index (κ3) is 4.76. The Hall–Kier alpha value is -0.910. The summed E-state index contributed by atoms with van der Waals surface area (Å²) in [6, 6.07) is 1.98. The first-order valence-corrected chi connectivity index (χ1v) is 6.92. The Labute approximate surface area is 113 Å². The van der Waals surface area contributed by atoms with E-state index in [0.29, 0.717) is 13.2 Å². The molecule has 0 aliphatic heterocycles. The molecule has 2 N–H and O–H groups in total. The van der Waals surface area contributed by atoms with Crippen molar-refractivity contribution >= 4 is 17.2 Å². The number of carbonyl (C=O) groups is 1. The van der Waals surface area contributed by atoms with Crippen LogP contribution in [0.25, 0.3) is 0 Å². The fourth-order valence-corrected chi connectivity index (χ4v) is 2.59. The van der Waals surface area contributed by atoms with Gasteiger partial charge in [-0.1, -0.05) is 0 Å². The topological polar surface area (TPSA) is 50.4 Å². The van der Waals surface area contributed by atoms with Gasteiger partial charge in [0.1, 0.15) is 0 Å². The second-order valence-corrected chi connectivity index (χ2v) is 5.79. The number of carbonyl (C=O) groups excluding carboxylic acids is 1. The van der Waals surface area contributed by atoms with Crippen LogP contribution in [0.2, 0.25) is 0 Å². The first-order valence-electron chi connectivity index (χ1n) is 6.10. The summed E-state index contributed by atoms with van der Waals surface area (Å²) in [5.74, 6) is 0.0108. The Morgan fingerprint density at radius 1 is 1.50 bits per heavy atom. The molecule has 18 heavy (non-hydrogen) atoms. The molecule has 0 saturated carbocycles. The molecule has 1 aromatic heterocycles. The minimum atomic E-state index is -0.193. The van der Waals surface area contributed by atoms with Crippen LogP contribution in [0.1, 0.15) is 22.2 Å². The van der Waals surface area contributed by atoms with Gasteiger partial charge in [0.05, 0.1) is 12.6 Å². The van der Waals surface area contributed by atoms with Crippen LogP contribution in [0.15, 0.2) is 6.07 Å². The Morgan fingerprint density at radius 2 is 2.22 bits per heavy atom. The summed E-state index contributed by atoms with van der Waals surface area (Å²) in [4.78, 5) is 14.3. The highest BCUT2D eigenvalue weighted by molar-refractivity contribution is 7.12. The van der Waals surface area contributed by atoms with E-state index in [9.17, 15) is 4.79 Å². The Kier molecular flexibility index (Phi) is 6.32. The van der Waals surface area contributed by atoms with E-state index >= 15 is 0 Å². The molecule has 1 heterocycles. The highest BCUT2D eigenvalue weighted by Crippen LogP contribution is 2.20. The predicted molar refractivity (Wildman–Crippen MR) is 75.0 cm³/mol. The van der Waals surface area contributed by atoms with E-state index < -0.39 is 0 Å². The van der Waals surface area contributed by atoms with Gasteiger partial charge in [-0.25, -0.2) is 0 Å². The van der Waals surface area contributed by atoms with Crippen LogP contribution in [0.3, 0.4) is 0 Å². The Balaban J connectivity index is 2.34. The van der Waals surface area contributed by atoms with E-state index in [1.54, 1.807) is 18.4 Å². The predicted octanol–water partition coefficient (Wildman–Crippen LogP) is 1.61. The number of hydrogen-bond donors (Lipinski definition) is 2. The van der Waals surface area contributed by atoms with E-state index in [1.807, 2.05) is 6.92 Å². The van der Waals surface area contributed by atoms with Crippen LogP contribution in [0.5, 0.6) is 0 Å². The van der Waals surface area contributed by atoms with Crippen LogP contribution in [0.4, 0.5) is 0 Å². The quantitative estimate of drug-likeness (QED) is 0.740. The molecule has 0 aromatic carbocycles. The minimum absolute atomic E-state index is 0.0108. The van der Waals surface area contributed by atoms with E-state index in [4.69, 9.17) is 4.74 Å². The fourth-order valence-electron chi connectivity index (χ4n) is 1.64. The van der Waals surface area contributed by atoms with Crippen LogP contribution in [0, 0.1) is 13.8 Å². The van der Waals surface area contributed by atoms with E-state index in [0.717, 1.165) is 6.54 Å². The van der Waals surface area contributed by atoms with Crippen LogP contribution in [-0.4, -0.2) is 32.2 Å². The molecule has 4 nitrogen and oxygen atoms in total. The molecule has 1 amide bonds. The van der Waals surface area contributed by atoms with Crippen LogP contribution < -0.4 is 10.6 Å². The lowest BCUT2D eigenvalue weighted by Crippen LogP contribution is -2.42. The smallest absolute Gasteiger partial charge is 0.236 e. The minimum Gasteiger partial charge on any atom is -0.383 e. The number of aryl methyl sites for hydroxylation is 2. The summed E-state index contributed by atoms with van der Waals surface area (Å²) in [7, 11) is 1.62. The molecule has 0 bridgehead atoms. The van der Waals surface area contributed by atoms with Gasteiger partial charge in [0, 0.05) is 30.0 Å². The Morgan fingerprint density at radius 3 is 2.78 bits per heavy atom. The van der Waals surface area contributed by atoms with Crippen LogP contribution in [-0.2, 0) is 16.1 Å². The molecule has 1 rings (SSSR count). The molecule has 0 radical (unpaired) electrons.